The third-order valence-corrected chi connectivity index (χ3v) is 5.33. The van der Waals surface area contributed by atoms with Crippen LogP contribution in [0.2, 0.25) is 5.02 Å². The van der Waals surface area contributed by atoms with Crippen LogP contribution in [0.4, 0.5) is 5.69 Å². The van der Waals surface area contributed by atoms with Crippen molar-refractivity contribution in [2.24, 2.45) is 0 Å². The molecule has 8 heteroatoms. The summed E-state index contributed by atoms with van der Waals surface area (Å²) in [5.74, 6) is 1.11. The number of aromatic nitrogens is 3. The van der Waals surface area contributed by atoms with E-state index in [2.05, 4.69) is 22.4 Å². The highest BCUT2D eigenvalue weighted by Gasteiger charge is 2.11. The molecular formula is C24H23ClN4O3. The summed E-state index contributed by atoms with van der Waals surface area (Å²) in [7, 11) is 1.56. The lowest BCUT2D eigenvalue weighted by molar-refractivity contribution is 0.102. The monoisotopic (exact) mass is 450 g/mol. The minimum Gasteiger partial charge on any atom is -0.495 e. The Bertz CT molecular complexity index is 1250. The van der Waals surface area contributed by atoms with Gasteiger partial charge in [-0.2, -0.15) is 4.80 Å². The second-order valence-corrected chi connectivity index (χ2v) is 7.73. The summed E-state index contributed by atoms with van der Waals surface area (Å²) < 4.78 is 10.9. The zero-order chi connectivity index (χ0) is 22.7. The second kappa shape index (κ2) is 9.28. The van der Waals surface area contributed by atoms with E-state index in [-0.39, 0.29) is 12.0 Å². The highest BCUT2D eigenvalue weighted by Crippen LogP contribution is 2.27. The Hall–Kier alpha value is -3.58. The number of benzene rings is 3. The summed E-state index contributed by atoms with van der Waals surface area (Å²) in [6, 6.07) is 17.8. The lowest BCUT2D eigenvalue weighted by atomic mass is 10.2. The van der Waals surface area contributed by atoms with Crippen LogP contribution in [-0.2, 0) is 0 Å². The van der Waals surface area contributed by atoms with Crippen LogP contribution < -0.4 is 14.8 Å². The summed E-state index contributed by atoms with van der Waals surface area (Å²) in [6.07, 6.45) is 1.05. The third kappa shape index (κ3) is 4.68. The van der Waals surface area contributed by atoms with Gasteiger partial charge in [-0.15, -0.1) is 10.2 Å². The van der Waals surface area contributed by atoms with Crippen LogP contribution in [-0.4, -0.2) is 34.1 Å². The minimum absolute atomic E-state index is 0.128. The Kier molecular flexibility index (Phi) is 6.28. The summed E-state index contributed by atoms with van der Waals surface area (Å²) >= 11 is 6.21. The number of halogens is 1. The highest BCUT2D eigenvalue weighted by molar-refractivity contribution is 6.32. The number of ether oxygens (including phenoxy) is 2. The number of fused-ring (bicyclic) bond motifs is 1. The smallest absolute Gasteiger partial charge is 0.255 e. The average molecular weight is 451 g/mol. The van der Waals surface area contributed by atoms with Gasteiger partial charge in [0.15, 0.2) is 0 Å². The molecule has 32 heavy (non-hydrogen) atoms. The normalized spacial score (nSPS) is 11.9. The fourth-order valence-electron chi connectivity index (χ4n) is 3.09. The van der Waals surface area contributed by atoms with Crippen LogP contribution in [0.15, 0.2) is 60.7 Å². The Labute approximate surface area is 190 Å². The van der Waals surface area contributed by atoms with Crippen LogP contribution in [0.1, 0.15) is 30.6 Å². The van der Waals surface area contributed by atoms with Crippen LogP contribution in [0.3, 0.4) is 0 Å². The molecule has 0 fully saturated rings. The quantitative estimate of drug-likeness (QED) is 0.401. The van der Waals surface area contributed by atoms with Gasteiger partial charge in [0, 0.05) is 11.3 Å². The molecule has 164 valence electrons. The van der Waals surface area contributed by atoms with E-state index in [1.807, 2.05) is 19.1 Å². The number of hydrogen-bond donors (Lipinski definition) is 1. The zero-order valence-electron chi connectivity index (χ0n) is 18.0. The number of anilines is 1. The van der Waals surface area contributed by atoms with Crippen LogP contribution in [0.5, 0.6) is 11.5 Å². The fraction of sp³-hybridized carbons (Fsp3) is 0.208. The molecule has 0 aliphatic rings. The minimum atomic E-state index is -0.214. The molecule has 0 radical (unpaired) electrons. The lowest BCUT2D eigenvalue weighted by Crippen LogP contribution is -2.12. The molecule has 1 heterocycles. The van der Waals surface area contributed by atoms with Crippen molar-refractivity contribution < 1.29 is 14.3 Å². The second-order valence-electron chi connectivity index (χ2n) is 7.33. The van der Waals surface area contributed by atoms with Gasteiger partial charge in [0.1, 0.15) is 22.5 Å². The molecule has 0 bridgehead atoms. The van der Waals surface area contributed by atoms with Crippen LogP contribution in [0.25, 0.3) is 16.7 Å². The number of methoxy groups -OCH3 is 1. The van der Waals surface area contributed by atoms with Gasteiger partial charge in [-0.1, -0.05) is 18.5 Å². The number of rotatable bonds is 7. The summed E-state index contributed by atoms with van der Waals surface area (Å²) in [6.45, 7) is 4.07. The fourth-order valence-corrected chi connectivity index (χ4v) is 3.34. The summed E-state index contributed by atoms with van der Waals surface area (Å²) in [5, 5.41) is 12.4. The number of amides is 1. The van der Waals surface area contributed by atoms with E-state index in [1.54, 1.807) is 55.6 Å². The molecule has 4 rings (SSSR count). The number of carbonyl (C=O) groups excluding carboxylic acids is 1. The van der Waals surface area contributed by atoms with Crippen molar-refractivity contribution in [3.05, 3.63) is 71.2 Å². The van der Waals surface area contributed by atoms with Crippen molar-refractivity contribution in [3.63, 3.8) is 0 Å². The van der Waals surface area contributed by atoms with E-state index >= 15 is 0 Å². The maximum atomic E-state index is 12.6. The van der Waals surface area contributed by atoms with E-state index in [0.29, 0.717) is 38.7 Å². The first kappa shape index (κ1) is 21.6. The molecule has 1 aromatic heterocycles. The van der Waals surface area contributed by atoms with E-state index in [9.17, 15) is 4.79 Å². The molecule has 0 saturated carbocycles. The lowest BCUT2D eigenvalue weighted by Gasteiger charge is -2.12. The van der Waals surface area contributed by atoms with Crippen LogP contribution >= 0.6 is 11.6 Å². The van der Waals surface area contributed by atoms with Gasteiger partial charge >= 0.3 is 0 Å². The van der Waals surface area contributed by atoms with Gasteiger partial charge in [-0.3, -0.25) is 4.79 Å². The molecule has 0 saturated heterocycles. The van der Waals surface area contributed by atoms with Crippen LogP contribution in [0, 0.1) is 0 Å². The Morgan fingerprint density at radius 2 is 1.81 bits per heavy atom. The predicted molar refractivity (Wildman–Crippen MR) is 125 cm³/mol. The number of carbonyl (C=O) groups is 1. The van der Waals surface area contributed by atoms with Gasteiger partial charge in [0.2, 0.25) is 0 Å². The van der Waals surface area contributed by atoms with E-state index in [0.717, 1.165) is 12.2 Å². The Balaban J connectivity index is 1.50. The SMILES string of the molecule is CC[C@@H](C)Oc1ccc(C(=O)Nc2ccc3nn(-c4ccc(OC)c(Cl)c4)nc3c2)cc1. The highest BCUT2D eigenvalue weighted by atomic mass is 35.5. The van der Waals surface area contributed by atoms with Gasteiger partial charge in [0.25, 0.3) is 5.91 Å². The maximum Gasteiger partial charge on any atom is 0.255 e. The van der Waals surface area contributed by atoms with Crippen molar-refractivity contribution in [2.75, 3.05) is 12.4 Å². The standard InChI is InChI=1S/C24H23ClN4O3/c1-4-15(2)32-19-9-5-16(6-10-19)24(30)26-17-7-11-21-22(13-17)28-29(27-21)18-8-12-23(31-3)20(25)14-18/h5-15H,4H2,1-3H3,(H,26,30)/t15-/m1/s1. The van der Waals surface area contributed by atoms with Crippen molar-refractivity contribution in [2.45, 2.75) is 26.4 Å². The van der Waals surface area contributed by atoms with Gasteiger partial charge in [-0.05, 0) is 74.0 Å². The first-order valence-electron chi connectivity index (χ1n) is 10.3. The largest absolute Gasteiger partial charge is 0.495 e. The first-order chi connectivity index (χ1) is 15.5. The molecule has 1 atom stereocenters. The summed E-state index contributed by atoms with van der Waals surface area (Å²) in [4.78, 5) is 14.1. The number of hydrogen-bond acceptors (Lipinski definition) is 5. The van der Waals surface area contributed by atoms with E-state index in [4.69, 9.17) is 21.1 Å². The molecule has 1 N–H and O–H groups in total. The van der Waals surface area contributed by atoms with Crippen molar-refractivity contribution in [3.8, 4) is 17.2 Å². The number of nitrogens with one attached hydrogen (secondary N) is 1. The van der Waals surface area contributed by atoms with Gasteiger partial charge < -0.3 is 14.8 Å². The van der Waals surface area contributed by atoms with Crippen molar-refractivity contribution in [1.29, 1.82) is 0 Å². The van der Waals surface area contributed by atoms with Crippen molar-refractivity contribution in [1.82, 2.24) is 15.0 Å². The van der Waals surface area contributed by atoms with E-state index in [1.165, 1.54) is 4.80 Å². The molecule has 7 nitrogen and oxygen atoms in total. The molecule has 0 aliphatic heterocycles. The third-order valence-electron chi connectivity index (χ3n) is 5.03. The van der Waals surface area contributed by atoms with E-state index < -0.39 is 0 Å². The molecule has 0 unspecified atom stereocenters. The topological polar surface area (TPSA) is 78.3 Å². The maximum absolute atomic E-state index is 12.6. The Morgan fingerprint density at radius 3 is 2.50 bits per heavy atom. The predicted octanol–water partition coefficient (Wildman–Crippen LogP) is 5.51. The number of nitrogens with zero attached hydrogens (tertiary/aromatic N) is 3. The molecule has 3 aromatic carbocycles. The molecular weight excluding hydrogens is 428 g/mol. The zero-order valence-corrected chi connectivity index (χ0v) is 18.8. The molecule has 1 amide bonds. The molecule has 0 aliphatic carbocycles. The van der Waals surface area contributed by atoms with Gasteiger partial charge in [0.05, 0.1) is 23.9 Å². The Morgan fingerprint density at radius 1 is 1.06 bits per heavy atom. The molecule has 4 aromatic rings. The summed E-state index contributed by atoms with van der Waals surface area (Å²) in [5.41, 5.74) is 3.21. The van der Waals surface area contributed by atoms with Gasteiger partial charge in [-0.25, -0.2) is 0 Å². The van der Waals surface area contributed by atoms with Crippen molar-refractivity contribution >= 4 is 34.2 Å². The molecule has 0 spiro atoms. The first-order valence-corrected chi connectivity index (χ1v) is 10.6. The average Bonchev–Trinajstić information content (AvgIpc) is 3.23.